The Kier molecular flexibility index (Phi) is 3.85. The molecule has 1 atom stereocenters. The number of nitrogens with zero attached hydrogens (tertiary/aromatic N) is 1. The lowest BCUT2D eigenvalue weighted by Crippen LogP contribution is -2.47. The molecule has 1 saturated heterocycles. The Morgan fingerprint density at radius 3 is 2.81 bits per heavy atom. The van der Waals surface area contributed by atoms with E-state index in [4.69, 9.17) is 11.6 Å². The van der Waals surface area contributed by atoms with Crippen molar-refractivity contribution in [3.8, 4) is 0 Å². The first-order valence-electron chi connectivity index (χ1n) is 5.83. The summed E-state index contributed by atoms with van der Waals surface area (Å²) < 4.78 is 0. The highest BCUT2D eigenvalue weighted by molar-refractivity contribution is 6.30. The summed E-state index contributed by atoms with van der Waals surface area (Å²) in [5.41, 5.74) is 1.29. The molecule has 1 aliphatic heterocycles. The van der Waals surface area contributed by atoms with Crippen LogP contribution >= 0.6 is 11.6 Å². The van der Waals surface area contributed by atoms with Gasteiger partial charge >= 0.3 is 0 Å². The van der Waals surface area contributed by atoms with Gasteiger partial charge in [0.25, 0.3) is 0 Å². The fourth-order valence-electron chi connectivity index (χ4n) is 2.06. The van der Waals surface area contributed by atoms with Gasteiger partial charge in [0.2, 0.25) is 0 Å². The average molecular weight is 239 g/mol. The van der Waals surface area contributed by atoms with Crippen LogP contribution in [0, 0.1) is 5.92 Å². The molecule has 0 aliphatic carbocycles. The van der Waals surface area contributed by atoms with Gasteiger partial charge in [0.05, 0.1) is 0 Å². The molecule has 0 saturated carbocycles. The van der Waals surface area contributed by atoms with Crippen LogP contribution in [0.3, 0.4) is 0 Å². The molecule has 1 fully saturated rings. The smallest absolute Gasteiger partial charge is 0.0409 e. The lowest BCUT2D eigenvalue weighted by Gasteiger charge is -2.34. The molecule has 88 valence electrons. The van der Waals surface area contributed by atoms with E-state index in [0.29, 0.717) is 6.04 Å². The first-order chi connectivity index (χ1) is 7.66. The Morgan fingerprint density at radius 1 is 1.50 bits per heavy atom. The fourth-order valence-corrected chi connectivity index (χ4v) is 2.26. The van der Waals surface area contributed by atoms with Gasteiger partial charge in [0.15, 0.2) is 0 Å². The summed E-state index contributed by atoms with van der Waals surface area (Å²) in [6.07, 6.45) is 0. The highest BCUT2D eigenvalue weighted by Gasteiger charge is 2.21. The van der Waals surface area contributed by atoms with Crippen LogP contribution < -0.4 is 5.32 Å². The predicted octanol–water partition coefficient (Wildman–Crippen LogP) is 2.55. The topological polar surface area (TPSA) is 15.3 Å². The fraction of sp³-hybridized carbons (Fsp3) is 0.538. The Labute approximate surface area is 103 Å². The van der Waals surface area contributed by atoms with E-state index in [1.165, 1.54) is 5.56 Å². The Bertz CT molecular complexity index is 350. The van der Waals surface area contributed by atoms with Crippen molar-refractivity contribution in [3.63, 3.8) is 0 Å². The van der Waals surface area contributed by atoms with Gasteiger partial charge in [-0.2, -0.15) is 0 Å². The molecule has 0 aromatic heterocycles. The van der Waals surface area contributed by atoms with Gasteiger partial charge in [0.1, 0.15) is 0 Å². The van der Waals surface area contributed by atoms with Gasteiger partial charge in [0, 0.05) is 30.7 Å². The first kappa shape index (κ1) is 11.9. The van der Waals surface area contributed by atoms with Gasteiger partial charge in [-0.1, -0.05) is 23.7 Å². The molecule has 1 unspecified atom stereocenters. The zero-order valence-electron chi connectivity index (χ0n) is 9.91. The van der Waals surface area contributed by atoms with E-state index in [1.807, 2.05) is 12.1 Å². The second kappa shape index (κ2) is 5.17. The second-order valence-electron chi connectivity index (χ2n) is 4.69. The molecular formula is C13H19ClN2. The van der Waals surface area contributed by atoms with Crippen LogP contribution in [0.5, 0.6) is 0 Å². The number of rotatable bonds is 4. The molecule has 3 heteroatoms. The Hall–Kier alpha value is -0.570. The highest BCUT2D eigenvalue weighted by atomic mass is 35.5. The van der Waals surface area contributed by atoms with Crippen molar-refractivity contribution in [2.24, 2.45) is 5.92 Å². The predicted molar refractivity (Wildman–Crippen MR) is 68.9 cm³/mol. The summed E-state index contributed by atoms with van der Waals surface area (Å²) in [4.78, 5) is 2.40. The van der Waals surface area contributed by atoms with Crippen molar-refractivity contribution in [2.75, 3.05) is 26.7 Å². The van der Waals surface area contributed by atoms with Crippen molar-refractivity contribution in [2.45, 2.75) is 13.0 Å². The number of nitrogens with one attached hydrogen (secondary N) is 1. The summed E-state index contributed by atoms with van der Waals surface area (Å²) in [5, 5.41) is 4.13. The second-order valence-corrected chi connectivity index (χ2v) is 5.13. The number of hydrogen-bond donors (Lipinski definition) is 1. The van der Waals surface area contributed by atoms with Gasteiger partial charge in [-0.15, -0.1) is 0 Å². The van der Waals surface area contributed by atoms with Crippen LogP contribution in [0.15, 0.2) is 24.3 Å². The molecule has 1 aromatic carbocycles. The van der Waals surface area contributed by atoms with Crippen LogP contribution in [0.2, 0.25) is 5.02 Å². The molecule has 0 radical (unpaired) electrons. The minimum atomic E-state index is 0.430. The summed E-state index contributed by atoms with van der Waals surface area (Å²) in [6, 6.07) is 8.58. The van der Waals surface area contributed by atoms with E-state index in [9.17, 15) is 0 Å². The summed E-state index contributed by atoms with van der Waals surface area (Å²) in [5.74, 6) is 0.812. The molecule has 16 heavy (non-hydrogen) atoms. The van der Waals surface area contributed by atoms with Crippen LogP contribution in [0.4, 0.5) is 0 Å². The average Bonchev–Trinajstić information content (AvgIpc) is 2.22. The highest BCUT2D eigenvalue weighted by Crippen LogP contribution is 2.22. The Morgan fingerprint density at radius 2 is 2.25 bits per heavy atom. The maximum Gasteiger partial charge on any atom is 0.0409 e. The van der Waals surface area contributed by atoms with Gasteiger partial charge in [-0.05, 0) is 37.6 Å². The monoisotopic (exact) mass is 238 g/mol. The first-order valence-corrected chi connectivity index (χ1v) is 6.21. The van der Waals surface area contributed by atoms with E-state index in [1.54, 1.807) is 0 Å². The normalized spacial score (nSPS) is 18.5. The maximum absolute atomic E-state index is 6.01. The van der Waals surface area contributed by atoms with E-state index in [-0.39, 0.29) is 0 Å². The molecule has 0 spiro atoms. The molecule has 1 heterocycles. The standard InChI is InChI=1S/C13H19ClN2/c1-10(12-4-3-5-13(14)6-12)16(2)9-11-7-15-8-11/h3-6,10-11,15H,7-9H2,1-2H3. The summed E-state index contributed by atoms with van der Waals surface area (Å²) in [7, 11) is 2.18. The molecule has 0 bridgehead atoms. The number of benzene rings is 1. The van der Waals surface area contributed by atoms with Crippen molar-refractivity contribution in [1.82, 2.24) is 10.2 Å². The van der Waals surface area contributed by atoms with Crippen LogP contribution in [0.1, 0.15) is 18.5 Å². The molecular weight excluding hydrogens is 220 g/mol. The molecule has 1 N–H and O–H groups in total. The molecule has 2 nitrogen and oxygen atoms in total. The van der Waals surface area contributed by atoms with Crippen LogP contribution in [0.25, 0.3) is 0 Å². The van der Waals surface area contributed by atoms with Crippen LogP contribution in [-0.4, -0.2) is 31.6 Å². The van der Waals surface area contributed by atoms with Crippen molar-refractivity contribution in [1.29, 1.82) is 0 Å². The third-order valence-corrected chi connectivity index (χ3v) is 3.64. The zero-order chi connectivity index (χ0) is 11.5. The Balaban J connectivity index is 1.97. The van der Waals surface area contributed by atoms with E-state index < -0.39 is 0 Å². The van der Waals surface area contributed by atoms with E-state index >= 15 is 0 Å². The van der Waals surface area contributed by atoms with Crippen LogP contribution in [-0.2, 0) is 0 Å². The summed E-state index contributed by atoms with van der Waals surface area (Å²) >= 11 is 6.01. The number of hydrogen-bond acceptors (Lipinski definition) is 2. The van der Waals surface area contributed by atoms with E-state index in [0.717, 1.165) is 30.6 Å². The zero-order valence-corrected chi connectivity index (χ0v) is 10.7. The van der Waals surface area contributed by atoms with Crippen molar-refractivity contribution >= 4 is 11.6 Å². The van der Waals surface area contributed by atoms with Gasteiger partial charge < -0.3 is 5.32 Å². The minimum absolute atomic E-state index is 0.430. The SMILES string of the molecule is CC(c1cccc(Cl)c1)N(C)CC1CNC1. The van der Waals surface area contributed by atoms with Crippen molar-refractivity contribution < 1.29 is 0 Å². The lowest BCUT2D eigenvalue weighted by molar-refractivity contribution is 0.184. The third-order valence-electron chi connectivity index (χ3n) is 3.40. The summed E-state index contributed by atoms with van der Waals surface area (Å²) in [6.45, 7) is 5.71. The van der Waals surface area contributed by atoms with E-state index in [2.05, 4.69) is 36.3 Å². The quantitative estimate of drug-likeness (QED) is 0.868. The largest absolute Gasteiger partial charge is 0.316 e. The molecule has 1 aliphatic rings. The van der Waals surface area contributed by atoms with Gasteiger partial charge in [-0.3, -0.25) is 4.90 Å². The van der Waals surface area contributed by atoms with Gasteiger partial charge in [-0.25, -0.2) is 0 Å². The lowest BCUT2D eigenvalue weighted by atomic mass is 10.0. The molecule has 2 rings (SSSR count). The molecule has 0 amide bonds. The molecule has 1 aromatic rings. The third kappa shape index (κ3) is 2.76. The minimum Gasteiger partial charge on any atom is -0.316 e. The van der Waals surface area contributed by atoms with Crippen molar-refractivity contribution in [3.05, 3.63) is 34.9 Å². The number of halogens is 1. The maximum atomic E-state index is 6.01.